The largest absolute Gasteiger partial charge is 0.481 e. The maximum absolute atomic E-state index is 12.8. The fraction of sp³-hybridized carbons (Fsp3) is 0.263. The van der Waals surface area contributed by atoms with Crippen molar-refractivity contribution in [2.24, 2.45) is 0 Å². The second-order valence-corrected chi connectivity index (χ2v) is 5.88. The number of carboxylic acids is 1. The normalized spacial score (nSPS) is 14.4. The molecule has 2 heterocycles. The number of hydrogen-bond acceptors (Lipinski definition) is 3. The molecule has 3 rings (SSSR count). The Kier molecular flexibility index (Phi) is 4.51. The molecular weight excluding hydrogens is 306 g/mol. The molecule has 1 aromatic heterocycles. The van der Waals surface area contributed by atoms with Gasteiger partial charge in [-0.3, -0.25) is 9.59 Å². The Morgan fingerprint density at radius 2 is 2.00 bits per heavy atom. The van der Waals surface area contributed by atoms with Crippen molar-refractivity contribution in [3.05, 3.63) is 65.1 Å². The molecule has 0 bridgehead atoms. The van der Waals surface area contributed by atoms with E-state index in [9.17, 15) is 9.59 Å². The third-order valence-corrected chi connectivity index (χ3v) is 4.22. The van der Waals surface area contributed by atoms with Gasteiger partial charge in [-0.15, -0.1) is 0 Å². The van der Waals surface area contributed by atoms with Gasteiger partial charge in [0.05, 0.1) is 11.8 Å². The summed E-state index contributed by atoms with van der Waals surface area (Å²) >= 11 is 0. The summed E-state index contributed by atoms with van der Waals surface area (Å²) in [6.45, 7) is 2.88. The molecule has 1 aliphatic heterocycles. The van der Waals surface area contributed by atoms with Gasteiger partial charge in [-0.1, -0.05) is 36.4 Å². The summed E-state index contributed by atoms with van der Waals surface area (Å²) in [7, 11) is 0. The van der Waals surface area contributed by atoms with Crippen LogP contribution < -0.4 is 0 Å². The zero-order chi connectivity index (χ0) is 17.1. The summed E-state index contributed by atoms with van der Waals surface area (Å²) in [5, 5.41) is 8.96. The highest BCUT2D eigenvalue weighted by atomic mass is 16.4. The van der Waals surface area contributed by atoms with Crippen molar-refractivity contribution in [1.82, 2.24) is 4.90 Å². The lowest BCUT2D eigenvalue weighted by molar-refractivity contribution is -0.136. The first kappa shape index (κ1) is 16.1. The molecule has 5 nitrogen and oxygen atoms in total. The highest BCUT2D eigenvalue weighted by Crippen LogP contribution is 2.25. The minimum absolute atomic E-state index is 0.166. The molecule has 24 heavy (non-hydrogen) atoms. The first-order chi connectivity index (χ1) is 11.6. The van der Waals surface area contributed by atoms with Gasteiger partial charge in [0.2, 0.25) is 0 Å². The second-order valence-electron chi connectivity index (χ2n) is 5.88. The first-order valence-corrected chi connectivity index (χ1v) is 7.88. The van der Waals surface area contributed by atoms with Gasteiger partial charge in [0.1, 0.15) is 12.2 Å². The van der Waals surface area contributed by atoms with Crippen LogP contribution in [0.25, 0.3) is 5.57 Å². The van der Waals surface area contributed by atoms with E-state index in [1.807, 2.05) is 18.2 Å². The lowest BCUT2D eigenvalue weighted by Gasteiger charge is -2.27. The van der Waals surface area contributed by atoms with Crippen LogP contribution in [0.3, 0.4) is 0 Å². The molecule has 1 N–H and O–H groups in total. The van der Waals surface area contributed by atoms with E-state index >= 15 is 0 Å². The minimum atomic E-state index is -1.01. The molecule has 1 amide bonds. The van der Waals surface area contributed by atoms with E-state index in [1.54, 1.807) is 11.8 Å². The van der Waals surface area contributed by atoms with Crippen LogP contribution in [0, 0.1) is 6.92 Å². The molecular formula is C19H19NO4. The fourth-order valence-electron chi connectivity index (χ4n) is 2.98. The topological polar surface area (TPSA) is 70.7 Å². The number of aliphatic carboxylic acids is 1. The zero-order valence-electron chi connectivity index (χ0n) is 13.5. The zero-order valence-corrected chi connectivity index (χ0v) is 13.5. The average Bonchev–Trinajstić information content (AvgIpc) is 2.95. The second kappa shape index (κ2) is 6.74. The molecule has 0 spiro atoms. The Morgan fingerprint density at radius 1 is 1.25 bits per heavy atom. The van der Waals surface area contributed by atoms with E-state index in [2.05, 4.69) is 18.2 Å². The third-order valence-electron chi connectivity index (χ3n) is 4.22. The van der Waals surface area contributed by atoms with Crippen molar-refractivity contribution in [2.45, 2.75) is 19.8 Å². The number of carbonyl (C=O) groups excluding carboxylic acids is 1. The number of amides is 1. The number of nitrogens with zero attached hydrogens (tertiary/aromatic N) is 1. The van der Waals surface area contributed by atoms with Gasteiger partial charge in [-0.25, -0.2) is 0 Å². The molecule has 0 atom stereocenters. The van der Waals surface area contributed by atoms with Gasteiger partial charge >= 0.3 is 5.97 Å². The summed E-state index contributed by atoms with van der Waals surface area (Å²) in [4.78, 5) is 25.4. The predicted octanol–water partition coefficient (Wildman–Crippen LogP) is 3.14. The molecule has 5 heteroatoms. The lowest BCUT2D eigenvalue weighted by Crippen LogP contribution is -2.35. The molecule has 0 saturated heterocycles. The third kappa shape index (κ3) is 3.25. The van der Waals surface area contributed by atoms with Gasteiger partial charge in [0.25, 0.3) is 5.91 Å². The number of hydrogen-bond donors (Lipinski definition) is 1. The number of aryl methyl sites for hydroxylation is 1. The van der Waals surface area contributed by atoms with Crippen LogP contribution >= 0.6 is 0 Å². The van der Waals surface area contributed by atoms with E-state index in [0.717, 1.165) is 6.42 Å². The number of carboxylic acid groups (broad SMARTS) is 1. The van der Waals surface area contributed by atoms with Crippen LogP contribution in [0.4, 0.5) is 0 Å². The monoisotopic (exact) mass is 325 g/mol. The number of benzene rings is 1. The molecule has 0 saturated carbocycles. The summed E-state index contributed by atoms with van der Waals surface area (Å²) in [5.41, 5.74) is 3.47. The van der Waals surface area contributed by atoms with Crippen molar-refractivity contribution in [3.8, 4) is 0 Å². The number of rotatable bonds is 4. The van der Waals surface area contributed by atoms with E-state index in [-0.39, 0.29) is 18.1 Å². The molecule has 0 unspecified atom stereocenters. The quantitative estimate of drug-likeness (QED) is 0.937. The molecule has 2 aromatic rings. The Hall–Kier alpha value is -2.82. The van der Waals surface area contributed by atoms with Crippen molar-refractivity contribution >= 4 is 17.4 Å². The van der Waals surface area contributed by atoms with Crippen molar-refractivity contribution < 1.29 is 19.1 Å². The Labute approximate surface area is 140 Å². The summed E-state index contributed by atoms with van der Waals surface area (Å²) in [6.07, 6.45) is 4.00. The SMILES string of the molecule is Cc1coc(CC(=O)O)c1C(=O)N1CC=C(c2ccccc2)CC1. The van der Waals surface area contributed by atoms with Gasteiger partial charge < -0.3 is 14.4 Å². The molecule has 0 fully saturated rings. The van der Waals surface area contributed by atoms with Crippen LogP contribution in [0.5, 0.6) is 0 Å². The smallest absolute Gasteiger partial charge is 0.311 e. The van der Waals surface area contributed by atoms with E-state index < -0.39 is 5.97 Å². The average molecular weight is 325 g/mol. The van der Waals surface area contributed by atoms with Gasteiger partial charge in [0.15, 0.2) is 0 Å². The summed E-state index contributed by atoms with van der Waals surface area (Å²) in [6, 6.07) is 10.1. The fourth-order valence-corrected chi connectivity index (χ4v) is 2.98. The molecule has 124 valence electrons. The lowest BCUT2D eigenvalue weighted by atomic mass is 9.99. The van der Waals surface area contributed by atoms with Crippen LogP contribution in [0.1, 0.15) is 33.7 Å². The van der Waals surface area contributed by atoms with E-state index in [1.165, 1.54) is 17.4 Å². The van der Waals surface area contributed by atoms with Crippen molar-refractivity contribution in [3.63, 3.8) is 0 Å². The number of carbonyl (C=O) groups is 2. The van der Waals surface area contributed by atoms with Gasteiger partial charge in [-0.2, -0.15) is 0 Å². The highest BCUT2D eigenvalue weighted by molar-refractivity contribution is 5.98. The van der Waals surface area contributed by atoms with E-state index in [4.69, 9.17) is 9.52 Å². The molecule has 1 aliphatic rings. The summed E-state index contributed by atoms with van der Waals surface area (Å²) < 4.78 is 5.26. The maximum Gasteiger partial charge on any atom is 0.311 e. The standard InChI is InChI=1S/C19H19NO4/c1-13-12-24-16(11-17(21)22)18(13)19(23)20-9-7-15(8-10-20)14-5-3-2-4-6-14/h2-7,12H,8-11H2,1H3,(H,21,22). The highest BCUT2D eigenvalue weighted by Gasteiger charge is 2.26. The van der Waals surface area contributed by atoms with Crippen LogP contribution in [-0.4, -0.2) is 35.0 Å². The van der Waals surface area contributed by atoms with Crippen LogP contribution in [0.15, 0.2) is 47.1 Å². The predicted molar refractivity (Wildman–Crippen MR) is 89.7 cm³/mol. The molecule has 0 aliphatic carbocycles. The Balaban J connectivity index is 1.77. The number of furan rings is 1. The minimum Gasteiger partial charge on any atom is -0.481 e. The Bertz CT molecular complexity index is 789. The first-order valence-electron chi connectivity index (χ1n) is 7.88. The van der Waals surface area contributed by atoms with Gasteiger partial charge in [-0.05, 0) is 24.5 Å². The molecule has 1 aromatic carbocycles. The molecule has 0 radical (unpaired) electrons. The van der Waals surface area contributed by atoms with Crippen LogP contribution in [-0.2, 0) is 11.2 Å². The maximum atomic E-state index is 12.8. The van der Waals surface area contributed by atoms with Crippen molar-refractivity contribution in [2.75, 3.05) is 13.1 Å². The van der Waals surface area contributed by atoms with Crippen LogP contribution in [0.2, 0.25) is 0 Å². The van der Waals surface area contributed by atoms with Crippen molar-refractivity contribution in [1.29, 1.82) is 0 Å². The van der Waals surface area contributed by atoms with Gasteiger partial charge in [0, 0.05) is 18.7 Å². The van der Waals surface area contributed by atoms with E-state index in [0.29, 0.717) is 24.2 Å². The summed E-state index contributed by atoms with van der Waals surface area (Å²) in [5.74, 6) is -0.952. The Morgan fingerprint density at radius 3 is 2.62 bits per heavy atom.